The van der Waals surface area contributed by atoms with Crippen molar-refractivity contribution in [2.24, 2.45) is 0 Å². The van der Waals surface area contributed by atoms with Crippen molar-refractivity contribution < 1.29 is 14.3 Å². The number of carbonyl (C=O) groups is 1. The average Bonchev–Trinajstić information content (AvgIpc) is 3.12. The van der Waals surface area contributed by atoms with Crippen molar-refractivity contribution in [1.29, 1.82) is 0 Å². The predicted octanol–water partition coefficient (Wildman–Crippen LogP) is 4.06. The van der Waals surface area contributed by atoms with Gasteiger partial charge in [-0.05, 0) is 61.2 Å². The molecule has 6 heteroatoms. The first kappa shape index (κ1) is 16.3. The molecule has 3 heterocycles. The number of rotatable bonds is 3. The molecule has 0 spiro atoms. The van der Waals surface area contributed by atoms with Gasteiger partial charge in [0.1, 0.15) is 11.5 Å². The van der Waals surface area contributed by atoms with E-state index in [0.29, 0.717) is 12.5 Å². The lowest BCUT2D eigenvalue weighted by atomic mass is 10.0. The molecule has 2 aromatic carbocycles. The monoisotopic (exact) mass is 363 g/mol. The van der Waals surface area contributed by atoms with Crippen LogP contribution in [0.1, 0.15) is 30.9 Å². The van der Waals surface area contributed by atoms with E-state index in [1.807, 2.05) is 36.5 Å². The van der Waals surface area contributed by atoms with E-state index in [1.165, 1.54) is 0 Å². The van der Waals surface area contributed by atoms with Crippen molar-refractivity contribution in [1.82, 2.24) is 9.78 Å². The number of nitrogens with zero attached hydrogens (tertiary/aromatic N) is 2. The summed E-state index contributed by atoms with van der Waals surface area (Å²) < 4.78 is 13.6. The van der Waals surface area contributed by atoms with Gasteiger partial charge in [-0.15, -0.1) is 0 Å². The topological polar surface area (TPSA) is 65.4 Å². The third kappa shape index (κ3) is 3.17. The highest BCUT2D eigenvalue weighted by Gasteiger charge is 2.19. The molecule has 0 unspecified atom stereocenters. The van der Waals surface area contributed by atoms with Gasteiger partial charge in [-0.25, -0.2) is 0 Å². The van der Waals surface area contributed by atoms with Gasteiger partial charge in [0, 0.05) is 30.7 Å². The van der Waals surface area contributed by atoms with Crippen LogP contribution in [0.3, 0.4) is 0 Å². The number of nitrogens with one attached hydrogen (secondary N) is 1. The molecule has 0 radical (unpaired) electrons. The van der Waals surface area contributed by atoms with Crippen LogP contribution in [0, 0.1) is 0 Å². The maximum Gasteiger partial charge on any atom is 0.224 e. The van der Waals surface area contributed by atoms with Crippen LogP contribution in [0.15, 0.2) is 42.6 Å². The largest absolute Gasteiger partial charge is 0.457 e. The Bertz CT molecular complexity index is 1010. The molecule has 3 aromatic rings. The molecule has 0 saturated carbocycles. The average molecular weight is 363 g/mol. The Hall–Kier alpha value is -2.86. The Balaban J connectivity index is 1.39. The maximum absolute atomic E-state index is 11.5. The van der Waals surface area contributed by atoms with Gasteiger partial charge in [0.2, 0.25) is 5.91 Å². The van der Waals surface area contributed by atoms with Crippen LogP contribution in [0.2, 0.25) is 0 Å². The lowest BCUT2D eigenvalue weighted by Crippen LogP contribution is -2.20. The number of hydrogen-bond acceptors (Lipinski definition) is 4. The van der Waals surface area contributed by atoms with Gasteiger partial charge >= 0.3 is 0 Å². The first-order valence-corrected chi connectivity index (χ1v) is 9.42. The van der Waals surface area contributed by atoms with Crippen molar-refractivity contribution in [3.8, 4) is 11.5 Å². The van der Waals surface area contributed by atoms with Crippen LogP contribution in [0.5, 0.6) is 11.5 Å². The van der Waals surface area contributed by atoms with E-state index >= 15 is 0 Å². The molecule has 5 rings (SSSR count). The molecule has 1 fully saturated rings. The first-order chi connectivity index (χ1) is 13.3. The van der Waals surface area contributed by atoms with Crippen LogP contribution < -0.4 is 10.1 Å². The quantitative estimate of drug-likeness (QED) is 0.762. The van der Waals surface area contributed by atoms with Crippen LogP contribution in [-0.4, -0.2) is 28.9 Å². The summed E-state index contributed by atoms with van der Waals surface area (Å²) in [5.74, 6) is 1.64. The highest BCUT2D eigenvalue weighted by molar-refractivity contribution is 5.94. The molecule has 0 atom stereocenters. The van der Waals surface area contributed by atoms with Gasteiger partial charge in [0.05, 0.1) is 17.8 Å². The minimum atomic E-state index is 0.0724. The highest BCUT2D eigenvalue weighted by atomic mass is 16.5. The Labute approximate surface area is 157 Å². The van der Waals surface area contributed by atoms with Crippen LogP contribution in [0.4, 0.5) is 5.69 Å². The number of carbonyl (C=O) groups excluding carboxylic acids is 1. The molecule has 1 N–H and O–H groups in total. The number of fused-ring (bicyclic) bond motifs is 2. The second kappa shape index (κ2) is 6.70. The normalized spacial score (nSPS) is 17.6. The summed E-state index contributed by atoms with van der Waals surface area (Å²) in [6, 6.07) is 12.3. The van der Waals surface area contributed by atoms with E-state index in [-0.39, 0.29) is 5.91 Å². The summed E-state index contributed by atoms with van der Waals surface area (Å²) >= 11 is 0. The molecule has 27 heavy (non-hydrogen) atoms. The molecule has 0 bridgehead atoms. The SMILES string of the molecule is O=C1CCc2cc(Oc3ccc4c(cnn4C4CCOCC4)c3)ccc2N1. The standard InChI is InChI=1S/C21H21N3O3/c25-21-6-1-14-11-17(2-4-19(14)23-21)27-18-3-5-20-15(12-18)13-22-24(20)16-7-9-26-10-8-16/h2-5,11-13,16H,1,6-10H2,(H,23,25). The molecular weight excluding hydrogens is 342 g/mol. The molecule has 1 amide bonds. The van der Waals surface area contributed by atoms with Crippen molar-refractivity contribution in [3.63, 3.8) is 0 Å². The van der Waals surface area contributed by atoms with Gasteiger partial charge in [-0.2, -0.15) is 5.10 Å². The molecule has 2 aliphatic rings. The van der Waals surface area contributed by atoms with E-state index in [4.69, 9.17) is 9.47 Å². The Morgan fingerprint density at radius 3 is 2.78 bits per heavy atom. The minimum Gasteiger partial charge on any atom is -0.457 e. The number of anilines is 1. The van der Waals surface area contributed by atoms with Crippen molar-refractivity contribution in [2.75, 3.05) is 18.5 Å². The molecule has 2 aliphatic heterocycles. The van der Waals surface area contributed by atoms with E-state index in [9.17, 15) is 4.79 Å². The van der Waals surface area contributed by atoms with Crippen molar-refractivity contribution in [2.45, 2.75) is 31.7 Å². The fraction of sp³-hybridized carbons (Fsp3) is 0.333. The fourth-order valence-electron chi connectivity index (χ4n) is 3.87. The smallest absolute Gasteiger partial charge is 0.224 e. The van der Waals surface area contributed by atoms with Gasteiger partial charge < -0.3 is 14.8 Å². The maximum atomic E-state index is 11.5. The molecule has 1 aromatic heterocycles. The molecule has 1 saturated heterocycles. The van der Waals surface area contributed by atoms with E-state index < -0.39 is 0 Å². The lowest BCUT2D eigenvalue weighted by molar-refractivity contribution is -0.116. The molecule has 6 nitrogen and oxygen atoms in total. The Morgan fingerprint density at radius 1 is 1.07 bits per heavy atom. The number of aryl methyl sites for hydroxylation is 1. The molecule has 138 valence electrons. The number of amides is 1. The summed E-state index contributed by atoms with van der Waals surface area (Å²) in [5, 5.41) is 8.57. The lowest BCUT2D eigenvalue weighted by Gasteiger charge is -2.23. The Morgan fingerprint density at radius 2 is 1.89 bits per heavy atom. The zero-order chi connectivity index (χ0) is 18.2. The third-order valence-electron chi connectivity index (χ3n) is 5.31. The van der Waals surface area contributed by atoms with Crippen LogP contribution in [-0.2, 0) is 16.0 Å². The number of aromatic nitrogens is 2. The summed E-state index contributed by atoms with van der Waals surface area (Å²) in [4.78, 5) is 11.5. The highest BCUT2D eigenvalue weighted by Crippen LogP contribution is 2.32. The van der Waals surface area contributed by atoms with Gasteiger partial charge in [-0.3, -0.25) is 9.48 Å². The Kier molecular flexibility index (Phi) is 4.05. The fourth-order valence-corrected chi connectivity index (χ4v) is 3.87. The van der Waals surface area contributed by atoms with Crippen molar-refractivity contribution in [3.05, 3.63) is 48.2 Å². The second-order valence-corrected chi connectivity index (χ2v) is 7.12. The van der Waals surface area contributed by atoms with Crippen LogP contribution in [0.25, 0.3) is 10.9 Å². The minimum absolute atomic E-state index is 0.0724. The summed E-state index contributed by atoms with van der Waals surface area (Å²) in [5.41, 5.74) is 3.12. The second-order valence-electron chi connectivity index (χ2n) is 7.12. The van der Waals surface area contributed by atoms with E-state index in [2.05, 4.69) is 21.2 Å². The number of ether oxygens (including phenoxy) is 2. The summed E-state index contributed by atoms with van der Waals surface area (Å²) in [7, 11) is 0. The van der Waals surface area contributed by atoms with E-state index in [1.54, 1.807) is 0 Å². The molecular formula is C21H21N3O3. The number of benzene rings is 2. The first-order valence-electron chi connectivity index (χ1n) is 9.42. The van der Waals surface area contributed by atoms with E-state index in [0.717, 1.165) is 66.1 Å². The number of hydrogen-bond donors (Lipinski definition) is 1. The molecule has 0 aliphatic carbocycles. The zero-order valence-corrected chi connectivity index (χ0v) is 15.0. The van der Waals surface area contributed by atoms with Gasteiger partial charge in [-0.1, -0.05) is 0 Å². The summed E-state index contributed by atoms with van der Waals surface area (Å²) in [6.07, 6.45) is 5.17. The zero-order valence-electron chi connectivity index (χ0n) is 15.0. The predicted molar refractivity (Wildman–Crippen MR) is 102 cm³/mol. The van der Waals surface area contributed by atoms with Gasteiger partial charge in [0.25, 0.3) is 0 Å². The summed E-state index contributed by atoms with van der Waals surface area (Å²) in [6.45, 7) is 1.60. The van der Waals surface area contributed by atoms with Crippen molar-refractivity contribution >= 4 is 22.5 Å². The third-order valence-corrected chi connectivity index (χ3v) is 5.31. The van der Waals surface area contributed by atoms with Gasteiger partial charge in [0.15, 0.2) is 0 Å². The van der Waals surface area contributed by atoms with Crippen LogP contribution >= 0.6 is 0 Å².